The molecule has 4 aromatic rings. The molecule has 224 valence electrons. The van der Waals surface area contributed by atoms with Crippen molar-refractivity contribution in [2.75, 3.05) is 5.32 Å². The highest BCUT2D eigenvalue weighted by molar-refractivity contribution is 5.68. The highest BCUT2D eigenvalue weighted by Gasteiger charge is 2.29. The van der Waals surface area contributed by atoms with Crippen LogP contribution in [0.1, 0.15) is 152 Å². The zero-order chi connectivity index (χ0) is 30.9. The van der Waals surface area contributed by atoms with Crippen molar-refractivity contribution in [3.05, 3.63) is 101 Å². The van der Waals surface area contributed by atoms with Gasteiger partial charge < -0.3 is 5.32 Å². The number of hydrogen-bond acceptors (Lipinski definition) is 1. The topological polar surface area (TPSA) is 20.8 Å². The summed E-state index contributed by atoms with van der Waals surface area (Å²) >= 11 is 0. The van der Waals surface area contributed by atoms with E-state index < -0.39 is 0 Å². The predicted octanol–water partition coefficient (Wildman–Crippen LogP) is 11.2. The Morgan fingerprint density at radius 1 is 0.500 bits per heavy atom. The van der Waals surface area contributed by atoms with Gasteiger partial charge in [0, 0.05) is 27.9 Å². The first-order chi connectivity index (χ1) is 19.8. The quantitative estimate of drug-likeness (QED) is 0.190. The molecule has 0 saturated heterocycles. The Morgan fingerprint density at radius 3 is 1.24 bits per heavy atom. The van der Waals surface area contributed by atoms with Crippen molar-refractivity contribution in [3.8, 4) is 11.4 Å². The Bertz CT molecular complexity index is 1440. The molecule has 0 radical (unpaired) electrons. The van der Waals surface area contributed by atoms with Crippen LogP contribution in [0.25, 0.3) is 11.4 Å². The van der Waals surface area contributed by atoms with Gasteiger partial charge in [-0.1, -0.05) is 138 Å². The first kappa shape index (κ1) is 31.6. The van der Waals surface area contributed by atoms with Crippen molar-refractivity contribution in [1.29, 1.82) is 0 Å². The molecule has 1 N–H and O–H groups in total. The SMILES string of the molecule is CC(C)c1cccc(C(C)C)c1Nc1c[n+](-c2c(C(C)C)cccc2C(C)C)cn1-c1c(C(C)C)cccc1C(C)C. The number of para-hydroxylation sites is 3. The monoisotopic (exact) mass is 564 g/mol. The van der Waals surface area contributed by atoms with Gasteiger partial charge in [-0.15, -0.1) is 0 Å². The molecule has 1 heterocycles. The maximum atomic E-state index is 4.03. The van der Waals surface area contributed by atoms with Crippen molar-refractivity contribution in [1.82, 2.24) is 4.57 Å². The second-order valence-electron chi connectivity index (χ2n) is 13.8. The smallest absolute Gasteiger partial charge is 0.256 e. The molecule has 4 rings (SSSR count). The van der Waals surface area contributed by atoms with Crippen LogP contribution in [-0.4, -0.2) is 4.57 Å². The van der Waals surface area contributed by atoms with Crippen LogP contribution in [0.5, 0.6) is 0 Å². The average molecular weight is 565 g/mol. The van der Waals surface area contributed by atoms with Crippen molar-refractivity contribution < 1.29 is 4.57 Å². The van der Waals surface area contributed by atoms with Gasteiger partial charge in [0.1, 0.15) is 11.4 Å². The van der Waals surface area contributed by atoms with E-state index in [1.807, 2.05) is 0 Å². The molecule has 0 atom stereocenters. The summed E-state index contributed by atoms with van der Waals surface area (Å²) in [6.07, 6.45) is 4.66. The van der Waals surface area contributed by atoms with Gasteiger partial charge in [-0.05, 0) is 46.6 Å². The summed E-state index contributed by atoms with van der Waals surface area (Å²) in [4.78, 5) is 0. The van der Waals surface area contributed by atoms with Gasteiger partial charge >= 0.3 is 0 Å². The van der Waals surface area contributed by atoms with E-state index in [0.717, 1.165) is 5.82 Å². The Labute approximate surface area is 256 Å². The highest BCUT2D eigenvalue weighted by atomic mass is 15.2. The molecule has 0 spiro atoms. The molecule has 0 aliphatic carbocycles. The fourth-order valence-corrected chi connectivity index (χ4v) is 6.23. The Balaban J connectivity index is 2.11. The summed E-state index contributed by atoms with van der Waals surface area (Å²) in [5, 5.41) is 4.03. The van der Waals surface area contributed by atoms with Gasteiger partial charge in [0.15, 0.2) is 6.20 Å². The second kappa shape index (κ2) is 12.9. The van der Waals surface area contributed by atoms with Crippen molar-refractivity contribution in [3.63, 3.8) is 0 Å². The molecule has 3 nitrogen and oxygen atoms in total. The molecule has 0 unspecified atom stereocenters. The number of nitrogens with zero attached hydrogens (tertiary/aromatic N) is 2. The van der Waals surface area contributed by atoms with E-state index in [-0.39, 0.29) is 0 Å². The Kier molecular flexibility index (Phi) is 9.70. The minimum atomic E-state index is 0.394. The van der Waals surface area contributed by atoms with Crippen LogP contribution in [0.4, 0.5) is 11.5 Å². The van der Waals surface area contributed by atoms with Gasteiger partial charge in [0.2, 0.25) is 5.82 Å². The largest absolute Gasteiger partial charge is 0.319 e. The predicted molar refractivity (Wildman–Crippen MR) is 182 cm³/mol. The minimum Gasteiger partial charge on any atom is -0.319 e. The normalized spacial score (nSPS) is 12.1. The molecule has 0 aliphatic heterocycles. The van der Waals surface area contributed by atoms with E-state index in [2.05, 4.69) is 165 Å². The number of nitrogens with one attached hydrogen (secondary N) is 1. The van der Waals surface area contributed by atoms with Crippen molar-refractivity contribution >= 4 is 11.5 Å². The zero-order valence-corrected chi connectivity index (χ0v) is 28.2. The average Bonchev–Trinajstić information content (AvgIpc) is 3.34. The molecule has 3 heteroatoms. The molecule has 42 heavy (non-hydrogen) atoms. The Hall–Kier alpha value is -3.33. The number of imidazole rings is 1. The van der Waals surface area contributed by atoms with Crippen molar-refractivity contribution in [2.45, 2.75) is 119 Å². The van der Waals surface area contributed by atoms with Gasteiger partial charge in [-0.2, -0.15) is 9.13 Å². The molecule has 3 aromatic carbocycles. The van der Waals surface area contributed by atoms with E-state index in [0.29, 0.717) is 35.5 Å². The zero-order valence-electron chi connectivity index (χ0n) is 28.2. The lowest BCUT2D eigenvalue weighted by Gasteiger charge is -2.21. The molecular formula is C39H54N3+. The summed E-state index contributed by atoms with van der Waals surface area (Å²) in [5.74, 6) is 3.52. The van der Waals surface area contributed by atoms with E-state index in [1.54, 1.807) is 0 Å². The lowest BCUT2D eigenvalue weighted by atomic mass is 9.92. The second-order valence-corrected chi connectivity index (χ2v) is 13.8. The van der Waals surface area contributed by atoms with Crippen LogP contribution in [0.3, 0.4) is 0 Å². The third-order valence-corrected chi connectivity index (χ3v) is 8.57. The minimum absolute atomic E-state index is 0.394. The van der Waals surface area contributed by atoms with E-state index in [1.165, 1.54) is 50.4 Å². The maximum absolute atomic E-state index is 4.03. The fraction of sp³-hybridized carbons (Fsp3) is 0.462. The van der Waals surface area contributed by atoms with E-state index in [4.69, 9.17) is 0 Å². The third-order valence-electron chi connectivity index (χ3n) is 8.57. The Morgan fingerprint density at radius 2 is 0.857 bits per heavy atom. The van der Waals surface area contributed by atoms with Crippen LogP contribution in [0, 0.1) is 0 Å². The first-order valence-corrected chi connectivity index (χ1v) is 16.1. The summed E-state index contributed by atoms with van der Waals surface area (Å²) in [7, 11) is 0. The van der Waals surface area contributed by atoms with E-state index >= 15 is 0 Å². The van der Waals surface area contributed by atoms with Gasteiger partial charge in [-0.25, -0.2) is 0 Å². The molecule has 0 bridgehead atoms. The van der Waals surface area contributed by atoms with Crippen LogP contribution >= 0.6 is 0 Å². The number of rotatable bonds is 10. The van der Waals surface area contributed by atoms with Crippen LogP contribution in [-0.2, 0) is 0 Å². The molecule has 0 amide bonds. The lowest BCUT2D eigenvalue weighted by molar-refractivity contribution is -0.595. The summed E-state index contributed by atoms with van der Waals surface area (Å²) in [5.41, 5.74) is 12.0. The lowest BCUT2D eigenvalue weighted by Crippen LogP contribution is -2.32. The van der Waals surface area contributed by atoms with E-state index in [9.17, 15) is 0 Å². The fourth-order valence-electron chi connectivity index (χ4n) is 6.23. The van der Waals surface area contributed by atoms with Crippen molar-refractivity contribution in [2.24, 2.45) is 0 Å². The summed E-state index contributed by atoms with van der Waals surface area (Å²) < 4.78 is 4.83. The first-order valence-electron chi connectivity index (χ1n) is 16.1. The molecule has 0 saturated carbocycles. The highest BCUT2D eigenvalue weighted by Crippen LogP contribution is 2.38. The number of anilines is 2. The van der Waals surface area contributed by atoms with Crippen LogP contribution < -0.4 is 9.88 Å². The maximum Gasteiger partial charge on any atom is 0.256 e. The molecule has 0 fully saturated rings. The molecular weight excluding hydrogens is 510 g/mol. The molecule has 0 aliphatic rings. The van der Waals surface area contributed by atoms with Crippen LogP contribution in [0.15, 0.2) is 67.1 Å². The standard InChI is InChI=1S/C39H54N3/c1-24(2)30-16-13-17-31(25(3)4)37(30)40-36-22-41(38-32(26(5)6)18-14-19-33(38)27(7)8)23-42(36)39-34(28(9)10)20-15-21-35(39)29(11)12/h13-29,40H,1-12H3/q+1. The van der Waals surface area contributed by atoms with Gasteiger partial charge in [-0.3, -0.25) is 0 Å². The summed E-state index contributed by atoms with van der Waals surface area (Å²) in [6, 6.07) is 20.5. The third kappa shape index (κ3) is 6.21. The molecule has 1 aromatic heterocycles. The van der Waals surface area contributed by atoms with Gasteiger partial charge in [0.25, 0.3) is 6.33 Å². The number of benzene rings is 3. The number of hydrogen-bond donors (Lipinski definition) is 1. The van der Waals surface area contributed by atoms with Gasteiger partial charge in [0.05, 0.1) is 0 Å². The number of aromatic nitrogens is 2. The summed E-state index contributed by atoms with van der Waals surface area (Å²) in [6.45, 7) is 27.6. The van der Waals surface area contributed by atoms with Crippen LogP contribution in [0.2, 0.25) is 0 Å².